The Bertz CT molecular complexity index is 586. The highest BCUT2D eigenvalue weighted by Gasteiger charge is 2.32. The molecule has 0 aliphatic carbocycles. The quantitative estimate of drug-likeness (QED) is 0.477. The van der Waals surface area contributed by atoms with Crippen LogP contribution in [-0.2, 0) is 4.79 Å². The maximum Gasteiger partial charge on any atom is 0.308 e. The van der Waals surface area contributed by atoms with Crippen LogP contribution in [0.5, 0.6) is 0 Å². The summed E-state index contributed by atoms with van der Waals surface area (Å²) in [5.74, 6) is -2.03. The minimum Gasteiger partial charge on any atom is -0.481 e. The van der Waals surface area contributed by atoms with Gasteiger partial charge >= 0.3 is 5.97 Å². The number of carbonyl (C=O) groups is 2. The second-order valence-corrected chi connectivity index (χ2v) is 4.60. The molecular weight excluding hydrogens is 266 g/mol. The predicted molar refractivity (Wildman–Crippen MR) is 69.2 cm³/mol. The Labute approximate surface area is 113 Å². The van der Waals surface area contributed by atoms with Crippen LogP contribution in [0, 0.1) is 16.0 Å². The molecule has 1 aromatic carbocycles. The van der Waals surface area contributed by atoms with E-state index in [1.807, 2.05) is 0 Å². The summed E-state index contributed by atoms with van der Waals surface area (Å²) in [4.78, 5) is 34.6. The van der Waals surface area contributed by atoms with E-state index in [1.165, 1.54) is 17.0 Å². The average molecular weight is 279 g/mol. The zero-order chi connectivity index (χ0) is 14.9. The number of anilines is 1. The van der Waals surface area contributed by atoms with Crippen molar-refractivity contribution in [2.45, 2.75) is 6.42 Å². The van der Waals surface area contributed by atoms with Crippen LogP contribution < -0.4 is 5.73 Å². The van der Waals surface area contributed by atoms with Gasteiger partial charge in [-0.15, -0.1) is 0 Å². The molecule has 20 heavy (non-hydrogen) atoms. The molecule has 1 unspecified atom stereocenters. The highest BCUT2D eigenvalue weighted by Crippen LogP contribution is 2.24. The van der Waals surface area contributed by atoms with E-state index >= 15 is 0 Å². The molecule has 1 aliphatic heterocycles. The number of likely N-dealkylation sites (tertiary alicyclic amines) is 1. The van der Waals surface area contributed by atoms with E-state index in [-0.39, 0.29) is 23.5 Å². The van der Waals surface area contributed by atoms with Crippen molar-refractivity contribution in [3.05, 3.63) is 33.9 Å². The van der Waals surface area contributed by atoms with Crippen LogP contribution in [0.3, 0.4) is 0 Å². The third kappa shape index (κ3) is 2.53. The second-order valence-electron chi connectivity index (χ2n) is 4.60. The van der Waals surface area contributed by atoms with Crippen LogP contribution in [0.1, 0.15) is 16.8 Å². The van der Waals surface area contributed by atoms with Crippen molar-refractivity contribution in [3.8, 4) is 0 Å². The molecule has 0 spiro atoms. The number of nitro groups is 1. The normalized spacial score (nSPS) is 18.0. The van der Waals surface area contributed by atoms with E-state index in [2.05, 4.69) is 0 Å². The molecule has 0 saturated carbocycles. The molecule has 0 aromatic heterocycles. The Hall–Kier alpha value is -2.64. The van der Waals surface area contributed by atoms with Gasteiger partial charge < -0.3 is 15.7 Å². The number of nitrogen functional groups attached to an aromatic ring is 1. The van der Waals surface area contributed by atoms with Gasteiger partial charge in [0.15, 0.2) is 0 Å². The van der Waals surface area contributed by atoms with Gasteiger partial charge in [0.25, 0.3) is 11.6 Å². The molecule has 2 rings (SSSR count). The first-order chi connectivity index (χ1) is 9.40. The molecule has 3 N–H and O–H groups in total. The summed E-state index contributed by atoms with van der Waals surface area (Å²) < 4.78 is 0. The zero-order valence-electron chi connectivity index (χ0n) is 10.5. The lowest BCUT2D eigenvalue weighted by Gasteiger charge is -2.16. The summed E-state index contributed by atoms with van der Waals surface area (Å²) in [5, 5.41) is 19.6. The lowest BCUT2D eigenvalue weighted by molar-refractivity contribution is -0.384. The maximum absolute atomic E-state index is 12.2. The third-order valence-electron chi connectivity index (χ3n) is 3.30. The summed E-state index contributed by atoms with van der Waals surface area (Å²) in [6.45, 7) is 0.397. The van der Waals surface area contributed by atoms with E-state index < -0.39 is 22.7 Å². The van der Waals surface area contributed by atoms with E-state index in [1.54, 1.807) is 0 Å². The number of non-ortho nitro benzene ring substituents is 1. The third-order valence-corrected chi connectivity index (χ3v) is 3.30. The first kappa shape index (κ1) is 13.8. The number of rotatable bonds is 3. The molecule has 1 heterocycles. The standard InChI is InChI=1S/C12H13N3O5/c13-10-2-1-8(15(19)20)5-9(10)11(16)14-4-3-7(6-14)12(17)18/h1-2,5,7H,3-4,6,13H2,(H,17,18). The molecular formula is C12H13N3O5. The Balaban J connectivity index is 2.23. The predicted octanol–water partition coefficient (Wildman–Crippen LogP) is 0.724. The molecule has 8 heteroatoms. The van der Waals surface area contributed by atoms with Crippen LogP contribution >= 0.6 is 0 Å². The van der Waals surface area contributed by atoms with Crippen molar-refractivity contribution in [1.29, 1.82) is 0 Å². The van der Waals surface area contributed by atoms with E-state index in [9.17, 15) is 19.7 Å². The number of amides is 1. The molecule has 1 fully saturated rings. The Morgan fingerprint density at radius 1 is 1.45 bits per heavy atom. The molecule has 1 amide bonds. The average Bonchev–Trinajstić information content (AvgIpc) is 2.88. The second kappa shape index (κ2) is 5.16. The van der Waals surface area contributed by atoms with Gasteiger partial charge in [-0.05, 0) is 12.5 Å². The first-order valence-corrected chi connectivity index (χ1v) is 5.96. The molecule has 1 atom stereocenters. The summed E-state index contributed by atoms with van der Waals surface area (Å²) in [7, 11) is 0. The molecule has 1 saturated heterocycles. The number of hydrogen-bond acceptors (Lipinski definition) is 5. The van der Waals surface area contributed by atoms with Gasteiger partial charge in [0.2, 0.25) is 0 Å². The summed E-state index contributed by atoms with van der Waals surface area (Å²) in [6, 6.07) is 3.64. The maximum atomic E-state index is 12.2. The van der Waals surface area contributed by atoms with Crippen LogP contribution in [0.25, 0.3) is 0 Å². The molecule has 1 aliphatic rings. The van der Waals surface area contributed by atoms with Crippen molar-refractivity contribution < 1.29 is 19.6 Å². The minimum absolute atomic E-state index is 0.0326. The summed E-state index contributed by atoms with van der Waals surface area (Å²) in [5.41, 5.74) is 5.61. The van der Waals surface area contributed by atoms with Gasteiger partial charge in [-0.1, -0.05) is 0 Å². The first-order valence-electron chi connectivity index (χ1n) is 5.96. The number of nitrogens with zero attached hydrogens (tertiary/aromatic N) is 2. The monoisotopic (exact) mass is 279 g/mol. The van der Waals surface area contributed by atoms with Gasteiger partial charge in [-0.3, -0.25) is 19.7 Å². The highest BCUT2D eigenvalue weighted by atomic mass is 16.6. The summed E-state index contributed by atoms with van der Waals surface area (Å²) >= 11 is 0. The lowest BCUT2D eigenvalue weighted by atomic mass is 10.1. The van der Waals surface area contributed by atoms with Crippen molar-refractivity contribution in [1.82, 2.24) is 4.90 Å². The van der Waals surface area contributed by atoms with Crippen LogP contribution in [-0.4, -0.2) is 39.9 Å². The molecule has 0 radical (unpaired) electrons. The van der Waals surface area contributed by atoms with E-state index in [0.717, 1.165) is 6.07 Å². The van der Waals surface area contributed by atoms with Crippen LogP contribution in [0.4, 0.5) is 11.4 Å². The topological polar surface area (TPSA) is 127 Å². The zero-order valence-corrected chi connectivity index (χ0v) is 10.5. The van der Waals surface area contributed by atoms with Gasteiger partial charge in [0.05, 0.1) is 16.4 Å². The van der Waals surface area contributed by atoms with Crippen LogP contribution in [0.2, 0.25) is 0 Å². The van der Waals surface area contributed by atoms with E-state index in [0.29, 0.717) is 13.0 Å². The number of aliphatic carboxylic acids is 1. The Morgan fingerprint density at radius 3 is 2.70 bits per heavy atom. The smallest absolute Gasteiger partial charge is 0.308 e. The SMILES string of the molecule is Nc1ccc([N+](=O)[O-])cc1C(=O)N1CCC(C(=O)O)C1. The minimum atomic E-state index is -0.952. The van der Waals surface area contributed by atoms with Crippen LogP contribution in [0.15, 0.2) is 18.2 Å². The fourth-order valence-electron chi connectivity index (χ4n) is 2.16. The fraction of sp³-hybridized carbons (Fsp3) is 0.333. The number of carboxylic acids is 1. The van der Waals surface area contributed by atoms with Crippen molar-refractivity contribution in [2.75, 3.05) is 18.8 Å². The van der Waals surface area contributed by atoms with Gasteiger partial charge in [0.1, 0.15) is 0 Å². The largest absolute Gasteiger partial charge is 0.481 e. The summed E-state index contributed by atoms with van der Waals surface area (Å²) in [6.07, 6.45) is 0.371. The number of hydrogen-bond donors (Lipinski definition) is 2. The Morgan fingerprint density at radius 2 is 2.15 bits per heavy atom. The van der Waals surface area contributed by atoms with Crippen molar-refractivity contribution >= 4 is 23.3 Å². The van der Waals surface area contributed by atoms with Gasteiger partial charge in [-0.2, -0.15) is 0 Å². The number of carbonyl (C=O) groups excluding carboxylic acids is 1. The van der Waals surface area contributed by atoms with E-state index in [4.69, 9.17) is 10.8 Å². The van der Waals surface area contributed by atoms with Gasteiger partial charge in [-0.25, -0.2) is 0 Å². The molecule has 1 aromatic rings. The molecule has 8 nitrogen and oxygen atoms in total. The lowest BCUT2D eigenvalue weighted by Crippen LogP contribution is -2.30. The van der Waals surface area contributed by atoms with Gasteiger partial charge in [0, 0.05) is 30.9 Å². The number of nitro benzene ring substituents is 1. The number of nitrogens with two attached hydrogens (primary N) is 1. The van der Waals surface area contributed by atoms with Crippen molar-refractivity contribution in [2.24, 2.45) is 5.92 Å². The molecule has 0 bridgehead atoms. The Kier molecular flexibility index (Phi) is 3.55. The molecule has 106 valence electrons. The fourth-order valence-corrected chi connectivity index (χ4v) is 2.16. The van der Waals surface area contributed by atoms with Crippen molar-refractivity contribution in [3.63, 3.8) is 0 Å². The number of carboxylic acid groups (broad SMARTS) is 1. The number of benzene rings is 1. The highest BCUT2D eigenvalue weighted by molar-refractivity contribution is 6.00.